The predicted molar refractivity (Wildman–Crippen MR) is 91.7 cm³/mol. The van der Waals surface area contributed by atoms with E-state index in [1.54, 1.807) is 0 Å². The van der Waals surface area contributed by atoms with Gasteiger partial charge in [-0.25, -0.2) is 0 Å². The number of hydrogen-bond donors (Lipinski definition) is 1. The molecule has 0 radical (unpaired) electrons. The quantitative estimate of drug-likeness (QED) is 0.875. The van der Waals surface area contributed by atoms with E-state index in [1.807, 2.05) is 0 Å². The van der Waals surface area contributed by atoms with Crippen LogP contribution in [0.15, 0.2) is 24.3 Å². The van der Waals surface area contributed by atoms with Crippen LogP contribution in [0.25, 0.3) is 0 Å². The highest BCUT2D eigenvalue weighted by molar-refractivity contribution is 5.28. The van der Waals surface area contributed by atoms with Crippen molar-refractivity contribution in [2.75, 3.05) is 26.7 Å². The lowest BCUT2D eigenvalue weighted by Gasteiger charge is -2.26. The van der Waals surface area contributed by atoms with Crippen molar-refractivity contribution in [1.82, 2.24) is 10.2 Å². The highest BCUT2D eigenvalue weighted by atomic mass is 15.1. The predicted octanol–water partition coefficient (Wildman–Crippen LogP) is 4.16. The highest BCUT2D eigenvalue weighted by Crippen LogP contribution is 2.30. The van der Waals surface area contributed by atoms with Crippen LogP contribution in [0, 0.1) is 12.3 Å². The molecule has 0 spiro atoms. The minimum atomic E-state index is 0.475. The topological polar surface area (TPSA) is 15.3 Å². The van der Waals surface area contributed by atoms with Gasteiger partial charge in [0.25, 0.3) is 0 Å². The van der Waals surface area contributed by atoms with E-state index in [-0.39, 0.29) is 0 Å². The van der Waals surface area contributed by atoms with E-state index in [9.17, 15) is 0 Å². The summed E-state index contributed by atoms with van der Waals surface area (Å²) in [4.78, 5) is 2.66. The van der Waals surface area contributed by atoms with Gasteiger partial charge >= 0.3 is 0 Å². The first kappa shape index (κ1) is 16.5. The third-order valence-corrected chi connectivity index (χ3v) is 5.08. The maximum Gasteiger partial charge on any atom is 0.0332 e. The van der Waals surface area contributed by atoms with E-state index in [0.29, 0.717) is 11.5 Å². The fourth-order valence-corrected chi connectivity index (χ4v) is 3.45. The average molecular weight is 288 g/mol. The fourth-order valence-electron chi connectivity index (χ4n) is 3.45. The minimum Gasteiger partial charge on any atom is -0.313 e. The molecule has 2 heteroatoms. The Morgan fingerprint density at radius 1 is 1.19 bits per heavy atom. The monoisotopic (exact) mass is 288 g/mol. The van der Waals surface area contributed by atoms with Crippen LogP contribution in [0.1, 0.15) is 56.7 Å². The Bertz CT molecular complexity index is 439. The first-order chi connectivity index (χ1) is 10.0. The molecular weight excluding hydrogens is 256 g/mol. The molecule has 21 heavy (non-hydrogen) atoms. The minimum absolute atomic E-state index is 0.475. The maximum absolute atomic E-state index is 3.50. The van der Waals surface area contributed by atoms with Crippen LogP contribution in [0.3, 0.4) is 0 Å². The number of benzene rings is 1. The molecule has 0 amide bonds. The first-order valence-corrected chi connectivity index (χ1v) is 8.47. The van der Waals surface area contributed by atoms with Gasteiger partial charge in [-0.2, -0.15) is 0 Å². The van der Waals surface area contributed by atoms with Crippen LogP contribution in [0.2, 0.25) is 0 Å². The summed E-state index contributed by atoms with van der Waals surface area (Å²) in [6.07, 6.45) is 5.25. The molecule has 1 aromatic rings. The van der Waals surface area contributed by atoms with Gasteiger partial charge in [-0.15, -0.1) is 0 Å². The number of rotatable bonds is 5. The SMILES string of the molecule is CNC(CCN1CCCC(C)(C)CC1)c1ccccc1C. The molecule has 0 saturated carbocycles. The molecule has 1 N–H and O–H groups in total. The standard InChI is InChI=1S/C19H32N2/c1-16-8-5-6-9-17(16)18(20-4)10-14-21-13-7-11-19(2,3)12-15-21/h5-6,8-9,18,20H,7,10-15H2,1-4H3. The second kappa shape index (κ2) is 7.42. The van der Waals surface area contributed by atoms with Crippen molar-refractivity contribution in [2.24, 2.45) is 5.41 Å². The Kier molecular flexibility index (Phi) is 5.83. The summed E-state index contributed by atoms with van der Waals surface area (Å²) in [5.74, 6) is 0. The van der Waals surface area contributed by atoms with E-state index >= 15 is 0 Å². The maximum atomic E-state index is 3.50. The van der Waals surface area contributed by atoms with Crippen LogP contribution < -0.4 is 5.32 Å². The van der Waals surface area contributed by atoms with Gasteiger partial charge in [0.05, 0.1) is 0 Å². The van der Waals surface area contributed by atoms with Crippen LogP contribution >= 0.6 is 0 Å². The molecule has 1 aliphatic rings. The molecule has 1 heterocycles. The van der Waals surface area contributed by atoms with Crippen LogP contribution in [-0.4, -0.2) is 31.6 Å². The van der Waals surface area contributed by atoms with Gasteiger partial charge in [-0.3, -0.25) is 0 Å². The normalized spacial score (nSPS) is 21.0. The molecule has 1 aliphatic heterocycles. The fraction of sp³-hybridized carbons (Fsp3) is 0.684. The summed E-state index contributed by atoms with van der Waals surface area (Å²) < 4.78 is 0. The van der Waals surface area contributed by atoms with Gasteiger partial charge in [-0.05, 0) is 75.8 Å². The summed E-state index contributed by atoms with van der Waals surface area (Å²) in [6.45, 7) is 10.8. The van der Waals surface area contributed by atoms with Crippen LogP contribution in [-0.2, 0) is 0 Å². The summed E-state index contributed by atoms with van der Waals surface area (Å²) in [7, 11) is 2.09. The Balaban J connectivity index is 1.90. The van der Waals surface area contributed by atoms with Crippen molar-refractivity contribution >= 4 is 0 Å². The highest BCUT2D eigenvalue weighted by Gasteiger charge is 2.23. The molecule has 1 unspecified atom stereocenters. The molecule has 1 fully saturated rings. The zero-order chi connectivity index (χ0) is 15.3. The smallest absolute Gasteiger partial charge is 0.0332 e. The van der Waals surface area contributed by atoms with E-state index in [1.165, 1.54) is 56.4 Å². The van der Waals surface area contributed by atoms with E-state index in [2.05, 4.69) is 62.3 Å². The number of likely N-dealkylation sites (tertiary alicyclic amines) is 1. The van der Waals surface area contributed by atoms with Crippen molar-refractivity contribution in [1.29, 1.82) is 0 Å². The lowest BCUT2D eigenvalue weighted by atomic mass is 9.85. The Morgan fingerprint density at radius 2 is 1.95 bits per heavy atom. The van der Waals surface area contributed by atoms with Gasteiger partial charge in [0.2, 0.25) is 0 Å². The van der Waals surface area contributed by atoms with Crippen molar-refractivity contribution in [3.8, 4) is 0 Å². The van der Waals surface area contributed by atoms with Gasteiger partial charge in [-0.1, -0.05) is 38.1 Å². The van der Waals surface area contributed by atoms with Crippen molar-refractivity contribution in [2.45, 2.75) is 52.5 Å². The molecule has 0 aromatic heterocycles. The number of hydrogen-bond acceptors (Lipinski definition) is 2. The molecule has 1 saturated heterocycles. The number of aryl methyl sites for hydroxylation is 1. The molecule has 1 aromatic carbocycles. The third kappa shape index (κ3) is 4.82. The van der Waals surface area contributed by atoms with E-state index in [0.717, 1.165) is 0 Å². The lowest BCUT2D eigenvalue weighted by molar-refractivity contribution is 0.250. The summed E-state index contributed by atoms with van der Waals surface area (Å²) >= 11 is 0. The summed E-state index contributed by atoms with van der Waals surface area (Å²) in [5.41, 5.74) is 3.39. The van der Waals surface area contributed by atoms with Gasteiger partial charge in [0, 0.05) is 6.04 Å². The zero-order valence-electron chi connectivity index (χ0n) is 14.3. The second-order valence-electron chi connectivity index (χ2n) is 7.35. The van der Waals surface area contributed by atoms with Gasteiger partial charge in [0.1, 0.15) is 0 Å². The molecule has 1 atom stereocenters. The Hall–Kier alpha value is -0.860. The summed E-state index contributed by atoms with van der Waals surface area (Å²) in [6, 6.07) is 9.24. The van der Waals surface area contributed by atoms with Crippen LogP contribution in [0.5, 0.6) is 0 Å². The summed E-state index contributed by atoms with van der Waals surface area (Å²) in [5, 5.41) is 3.50. The van der Waals surface area contributed by atoms with Gasteiger partial charge < -0.3 is 10.2 Å². The third-order valence-electron chi connectivity index (χ3n) is 5.08. The van der Waals surface area contributed by atoms with E-state index in [4.69, 9.17) is 0 Å². The number of nitrogens with zero attached hydrogens (tertiary/aromatic N) is 1. The zero-order valence-corrected chi connectivity index (χ0v) is 14.3. The molecule has 118 valence electrons. The van der Waals surface area contributed by atoms with E-state index < -0.39 is 0 Å². The van der Waals surface area contributed by atoms with Crippen LogP contribution in [0.4, 0.5) is 0 Å². The van der Waals surface area contributed by atoms with Gasteiger partial charge in [0.15, 0.2) is 0 Å². The molecule has 2 nitrogen and oxygen atoms in total. The largest absolute Gasteiger partial charge is 0.313 e. The average Bonchev–Trinajstić information content (AvgIpc) is 2.62. The van der Waals surface area contributed by atoms with Crippen molar-refractivity contribution in [3.05, 3.63) is 35.4 Å². The molecule has 0 bridgehead atoms. The second-order valence-corrected chi connectivity index (χ2v) is 7.35. The molecular formula is C19H32N2. The number of nitrogens with one attached hydrogen (secondary N) is 1. The Morgan fingerprint density at radius 3 is 2.67 bits per heavy atom. The lowest BCUT2D eigenvalue weighted by Crippen LogP contribution is -2.30. The molecule has 2 rings (SSSR count). The Labute approximate surface area is 130 Å². The van der Waals surface area contributed by atoms with Crippen molar-refractivity contribution < 1.29 is 0 Å². The van der Waals surface area contributed by atoms with Crippen molar-refractivity contribution in [3.63, 3.8) is 0 Å². The first-order valence-electron chi connectivity index (χ1n) is 8.47. The molecule has 0 aliphatic carbocycles.